The van der Waals surface area contributed by atoms with Gasteiger partial charge in [0.15, 0.2) is 5.52 Å². The minimum atomic E-state index is -0.507. The van der Waals surface area contributed by atoms with E-state index in [0.29, 0.717) is 37.0 Å². The average Bonchev–Trinajstić information content (AvgIpc) is 2.53. The van der Waals surface area contributed by atoms with Crippen LogP contribution in [0.5, 0.6) is 0 Å². The fourth-order valence-corrected chi connectivity index (χ4v) is 3.22. The first-order valence-corrected chi connectivity index (χ1v) is 9.04. The van der Waals surface area contributed by atoms with Crippen molar-refractivity contribution in [1.29, 1.82) is 0 Å². The monoisotopic (exact) mass is 408 g/mol. The zero-order valence-electron chi connectivity index (χ0n) is 14.5. The number of aromatic nitrogens is 3. The summed E-state index contributed by atoms with van der Waals surface area (Å²) in [5.41, 5.74) is 0.280. The lowest BCUT2D eigenvalue weighted by atomic mass is 10.1. The Bertz CT molecular complexity index is 851. The Morgan fingerprint density at radius 1 is 1.28 bits per heavy atom. The number of pyridine rings is 1. The van der Waals surface area contributed by atoms with Crippen molar-refractivity contribution >= 4 is 33.1 Å². The lowest BCUT2D eigenvalue weighted by Crippen LogP contribution is -2.43. The fraction of sp³-hybridized carbons (Fsp3) is 0.529. The van der Waals surface area contributed by atoms with E-state index in [4.69, 9.17) is 4.74 Å². The van der Waals surface area contributed by atoms with Crippen molar-refractivity contribution in [2.24, 2.45) is 0 Å². The van der Waals surface area contributed by atoms with Crippen LogP contribution in [0.2, 0.25) is 0 Å². The number of likely N-dealkylation sites (tertiary alicyclic amines) is 1. The fourth-order valence-electron chi connectivity index (χ4n) is 2.90. The van der Waals surface area contributed by atoms with Crippen LogP contribution in [0.4, 0.5) is 4.79 Å². The van der Waals surface area contributed by atoms with Gasteiger partial charge in [0.2, 0.25) is 0 Å². The van der Waals surface area contributed by atoms with Gasteiger partial charge in [-0.1, -0.05) is 0 Å². The maximum atomic E-state index is 12.7. The van der Waals surface area contributed by atoms with Crippen molar-refractivity contribution in [3.05, 3.63) is 33.4 Å². The number of carbonyl (C=O) groups is 1. The van der Waals surface area contributed by atoms with Crippen molar-refractivity contribution in [3.8, 4) is 0 Å². The lowest BCUT2D eigenvalue weighted by molar-refractivity contribution is 0.0187. The second-order valence-electron chi connectivity index (χ2n) is 7.18. The number of carbonyl (C=O) groups excluding carboxylic acids is 1. The molecule has 0 atom stereocenters. The Hall–Kier alpha value is -1.96. The first-order chi connectivity index (χ1) is 11.7. The number of hydrogen-bond donors (Lipinski definition) is 0. The van der Waals surface area contributed by atoms with E-state index in [1.165, 1.54) is 0 Å². The molecule has 1 fully saturated rings. The number of ether oxygens (including phenoxy) is 1. The quantitative estimate of drug-likeness (QED) is 0.724. The molecule has 2 aromatic heterocycles. The molecule has 0 unspecified atom stereocenters. The van der Waals surface area contributed by atoms with Crippen LogP contribution in [-0.2, 0) is 4.74 Å². The van der Waals surface area contributed by atoms with Crippen LogP contribution in [0.25, 0.3) is 11.0 Å². The number of piperidine rings is 1. The van der Waals surface area contributed by atoms with Gasteiger partial charge in [0.1, 0.15) is 5.60 Å². The maximum Gasteiger partial charge on any atom is 0.410 e. The van der Waals surface area contributed by atoms with Gasteiger partial charge in [0.25, 0.3) is 5.56 Å². The molecular weight excluding hydrogens is 388 g/mol. The second-order valence-corrected chi connectivity index (χ2v) is 8.09. The third-order valence-electron chi connectivity index (χ3n) is 4.10. The van der Waals surface area contributed by atoms with Crippen LogP contribution in [-0.4, -0.2) is 44.2 Å². The van der Waals surface area contributed by atoms with Crippen molar-refractivity contribution in [2.75, 3.05) is 13.1 Å². The van der Waals surface area contributed by atoms with Gasteiger partial charge in [-0.3, -0.25) is 9.36 Å². The number of halogens is 1. The molecule has 0 radical (unpaired) electrons. The molecule has 7 nitrogen and oxygen atoms in total. The standard InChI is InChI=1S/C17H21BrN4O3/c1-17(2,3)25-16(24)21-6-4-12(5-7-21)22-10-20-13-8-11(18)9-19-14(13)15(22)23/h8-10,12H,4-7H2,1-3H3. The molecule has 8 heteroatoms. The molecule has 25 heavy (non-hydrogen) atoms. The number of fused-ring (bicyclic) bond motifs is 1. The first-order valence-electron chi connectivity index (χ1n) is 8.25. The molecule has 0 aromatic carbocycles. The summed E-state index contributed by atoms with van der Waals surface area (Å²) in [5.74, 6) is 0. The van der Waals surface area contributed by atoms with Gasteiger partial charge in [0, 0.05) is 29.8 Å². The smallest absolute Gasteiger partial charge is 0.410 e. The molecule has 134 valence electrons. The summed E-state index contributed by atoms with van der Waals surface area (Å²) in [6.45, 7) is 6.66. The van der Waals surface area contributed by atoms with E-state index in [1.807, 2.05) is 20.8 Å². The highest BCUT2D eigenvalue weighted by molar-refractivity contribution is 9.10. The molecule has 2 aromatic rings. The molecule has 0 aliphatic carbocycles. The zero-order valence-corrected chi connectivity index (χ0v) is 16.1. The normalized spacial score (nSPS) is 16.2. The van der Waals surface area contributed by atoms with Gasteiger partial charge in [-0.25, -0.2) is 14.8 Å². The van der Waals surface area contributed by atoms with Gasteiger partial charge >= 0.3 is 6.09 Å². The van der Waals surface area contributed by atoms with Gasteiger partial charge < -0.3 is 9.64 Å². The number of amides is 1. The Balaban J connectivity index is 1.74. The Labute approximate surface area is 154 Å². The summed E-state index contributed by atoms with van der Waals surface area (Å²) in [6, 6.07) is 1.78. The van der Waals surface area contributed by atoms with Crippen LogP contribution in [0.1, 0.15) is 39.7 Å². The van der Waals surface area contributed by atoms with Crippen molar-refractivity contribution in [1.82, 2.24) is 19.4 Å². The lowest BCUT2D eigenvalue weighted by Gasteiger charge is -2.33. The van der Waals surface area contributed by atoms with E-state index >= 15 is 0 Å². The summed E-state index contributed by atoms with van der Waals surface area (Å²) in [4.78, 5) is 35.0. The van der Waals surface area contributed by atoms with Gasteiger partial charge in [0.05, 0.1) is 11.8 Å². The van der Waals surface area contributed by atoms with Crippen LogP contribution in [0.15, 0.2) is 27.9 Å². The summed E-state index contributed by atoms with van der Waals surface area (Å²) in [6.07, 6.45) is 4.24. The Morgan fingerprint density at radius 2 is 1.96 bits per heavy atom. The molecule has 1 amide bonds. The van der Waals surface area contributed by atoms with Crippen molar-refractivity contribution < 1.29 is 9.53 Å². The van der Waals surface area contributed by atoms with E-state index in [0.717, 1.165) is 4.47 Å². The minimum absolute atomic E-state index is 0.00790. The van der Waals surface area contributed by atoms with E-state index in [9.17, 15) is 9.59 Å². The van der Waals surface area contributed by atoms with Gasteiger partial charge in [-0.05, 0) is 55.6 Å². The molecule has 1 aliphatic rings. The zero-order chi connectivity index (χ0) is 18.2. The molecule has 1 aliphatic heterocycles. The van der Waals surface area contributed by atoms with Crippen molar-refractivity contribution in [3.63, 3.8) is 0 Å². The van der Waals surface area contributed by atoms with Crippen LogP contribution >= 0.6 is 15.9 Å². The van der Waals surface area contributed by atoms with Crippen LogP contribution in [0.3, 0.4) is 0 Å². The van der Waals surface area contributed by atoms with E-state index < -0.39 is 5.60 Å². The predicted octanol–water partition coefficient (Wildman–Crippen LogP) is 3.13. The molecule has 0 bridgehead atoms. The van der Waals surface area contributed by atoms with Gasteiger partial charge in [-0.15, -0.1) is 0 Å². The largest absolute Gasteiger partial charge is 0.444 e. The molecular formula is C17H21BrN4O3. The number of nitrogens with zero attached hydrogens (tertiary/aromatic N) is 4. The topological polar surface area (TPSA) is 77.3 Å². The molecule has 1 saturated heterocycles. The van der Waals surface area contributed by atoms with Gasteiger partial charge in [-0.2, -0.15) is 0 Å². The van der Waals surface area contributed by atoms with E-state index in [2.05, 4.69) is 25.9 Å². The highest BCUT2D eigenvalue weighted by Crippen LogP contribution is 2.23. The second kappa shape index (κ2) is 6.74. The molecule has 0 saturated carbocycles. The summed E-state index contributed by atoms with van der Waals surface area (Å²) in [7, 11) is 0. The number of hydrogen-bond acceptors (Lipinski definition) is 5. The Kier molecular flexibility index (Phi) is 4.81. The van der Waals surface area contributed by atoms with Crippen molar-refractivity contribution in [2.45, 2.75) is 45.3 Å². The molecule has 0 spiro atoms. The third kappa shape index (κ3) is 4.00. The average molecular weight is 409 g/mol. The number of rotatable bonds is 1. The first kappa shape index (κ1) is 17.8. The highest BCUT2D eigenvalue weighted by atomic mass is 79.9. The minimum Gasteiger partial charge on any atom is -0.444 e. The Morgan fingerprint density at radius 3 is 2.60 bits per heavy atom. The molecule has 3 heterocycles. The highest BCUT2D eigenvalue weighted by Gasteiger charge is 2.28. The third-order valence-corrected chi connectivity index (χ3v) is 4.54. The SMILES string of the molecule is CC(C)(C)OC(=O)N1CCC(n2cnc3cc(Br)cnc3c2=O)CC1. The predicted molar refractivity (Wildman–Crippen MR) is 97.6 cm³/mol. The van der Waals surface area contributed by atoms with E-state index in [1.54, 1.807) is 28.1 Å². The van der Waals surface area contributed by atoms with E-state index in [-0.39, 0.29) is 17.7 Å². The van der Waals surface area contributed by atoms with Crippen LogP contribution < -0.4 is 5.56 Å². The molecule has 0 N–H and O–H groups in total. The summed E-state index contributed by atoms with van der Waals surface area (Å²) < 4.78 is 7.82. The maximum absolute atomic E-state index is 12.7. The summed E-state index contributed by atoms with van der Waals surface area (Å²) >= 11 is 3.33. The van der Waals surface area contributed by atoms with Crippen LogP contribution in [0, 0.1) is 0 Å². The summed E-state index contributed by atoms with van der Waals surface area (Å²) in [5, 5.41) is 0. The molecule has 3 rings (SSSR count).